The van der Waals surface area contributed by atoms with Crippen molar-refractivity contribution in [1.82, 2.24) is 15.6 Å². The molecule has 2 rings (SSSR count). The third kappa shape index (κ3) is 3.15. The Bertz CT molecular complexity index is 499. The molecule has 0 atom stereocenters. The summed E-state index contributed by atoms with van der Waals surface area (Å²) in [5.41, 5.74) is 2.02. The van der Waals surface area contributed by atoms with Gasteiger partial charge < -0.3 is 10.6 Å². The van der Waals surface area contributed by atoms with E-state index in [1.54, 1.807) is 12.1 Å². The van der Waals surface area contributed by atoms with Crippen LogP contribution in [-0.2, 0) is 0 Å². The number of pyridine rings is 1. The summed E-state index contributed by atoms with van der Waals surface area (Å²) in [5.74, 6) is -0.209. The molecule has 0 radical (unpaired) electrons. The van der Waals surface area contributed by atoms with E-state index < -0.39 is 0 Å². The van der Waals surface area contributed by atoms with Gasteiger partial charge in [0.1, 0.15) is 11.8 Å². The van der Waals surface area contributed by atoms with Crippen molar-refractivity contribution in [3.8, 4) is 6.07 Å². The maximum absolute atomic E-state index is 11.8. The first-order chi connectivity index (χ1) is 8.79. The van der Waals surface area contributed by atoms with Gasteiger partial charge in [-0.3, -0.25) is 4.79 Å². The molecule has 92 valence electrons. The molecule has 0 unspecified atom stereocenters. The molecule has 0 fully saturated rings. The van der Waals surface area contributed by atoms with E-state index in [4.69, 9.17) is 5.26 Å². The van der Waals surface area contributed by atoms with Gasteiger partial charge in [-0.2, -0.15) is 5.26 Å². The van der Waals surface area contributed by atoms with Gasteiger partial charge in [-0.1, -0.05) is 11.6 Å². The number of hydrogen-bond acceptors (Lipinski definition) is 4. The minimum Gasteiger partial charge on any atom is -0.347 e. The van der Waals surface area contributed by atoms with Gasteiger partial charge in [-0.15, -0.1) is 0 Å². The highest BCUT2D eigenvalue weighted by Crippen LogP contribution is 2.03. The first-order valence-corrected chi connectivity index (χ1v) is 5.82. The summed E-state index contributed by atoms with van der Waals surface area (Å²) in [6.07, 6.45) is 4.45. The molecule has 0 bridgehead atoms. The summed E-state index contributed by atoms with van der Waals surface area (Å²) in [6, 6.07) is 5.12. The Kier molecular flexibility index (Phi) is 4.05. The molecule has 0 spiro atoms. The number of amides is 1. The molecular formula is C13H14N4O. The van der Waals surface area contributed by atoms with Gasteiger partial charge in [-0.05, 0) is 25.1 Å². The van der Waals surface area contributed by atoms with Crippen LogP contribution >= 0.6 is 0 Å². The minimum atomic E-state index is -0.209. The minimum absolute atomic E-state index is 0.209. The van der Waals surface area contributed by atoms with Gasteiger partial charge in [0.15, 0.2) is 0 Å². The average Bonchev–Trinajstić information content (AvgIpc) is 2.46. The van der Waals surface area contributed by atoms with Crippen LogP contribution in [0.3, 0.4) is 0 Å². The Balaban J connectivity index is 1.91. The van der Waals surface area contributed by atoms with Gasteiger partial charge >= 0.3 is 0 Å². The number of nitriles is 1. The second kappa shape index (κ2) is 5.94. The Labute approximate surface area is 106 Å². The molecular weight excluding hydrogens is 228 g/mol. The lowest BCUT2D eigenvalue weighted by atomic mass is 10.1. The van der Waals surface area contributed by atoms with Gasteiger partial charge in [0.25, 0.3) is 5.91 Å². The Morgan fingerprint density at radius 1 is 1.56 bits per heavy atom. The van der Waals surface area contributed by atoms with E-state index in [-0.39, 0.29) is 5.91 Å². The zero-order valence-corrected chi connectivity index (χ0v) is 9.94. The van der Waals surface area contributed by atoms with Crippen molar-refractivity contribution in [2.24, 2.45) is 0 Å². The Morgan fingerprint density at radius 3 is 3.06 bits per heavy atom. The van der Waals surface area contributed by atoms with Crippen LogP contribution in [0.5, 0.6) is 0 Å². The molecule has 0 aliphatic carbocycles. The van der Waals surface area contributed by atoms with Crippen molar-refractivity contribution in [2.45, 2.75) is 6.42 Å². The molecule has 5 nitrogen and oxygen atoms in total. The summed E-state index contributed by atoms with van der Waals surface area (Å²) in [4.78, 5) is 15.7. The van der Waals surface area contributed by atoms with Crippen LogP contribution in [0.1, 0.15) is 22.5 Å². The third-order valence-corrected chi connectivity index (χ3v) is 2.76. The highest BCUT2D eigenvalue weighted by Gasteiger charge is 2.08. The van der Waals surface area contributed by atoms with E-state index in [0.29, 0.717) is 17.8 Å². The average molecular weight is 242 g/mol. The lowest BCUT2D eigenvalue weighted by Crippen LogP contribution is -2.30. The van der Waals surface area contributed by atoms with E-state index >= 15 is 0 Å². The van der Waals surface area contributed by atoms with Crippen molar-refractivity contribution in [2.75, 3.05) is 19.6 Å². The molecule has 1 aromatic heterocycles. The van der Waals surface area contributed by atoms with E-state index in [0.717, 1.165) is 19.5 Å². The smallest absolute Gasteiger partial charge is 0.270 e. The summed E-state index contributed by atoms with van der Waals surface area (Å²) < 4.78 is 0. The highest BCUT2D eigenvalue weighted by molar-refractivity contribution is 5.92. The highest BCUT2D eigenvalue weighted by atomic mass is 16.1. The van der Waals surface area contributed by atoms with E-state index in [1.165, 1.54) is 11.8 Å². The normalized spacial score (nSPS) is 14.5. The van der Waals surface area contributed by atoms with Crippen LogP contribution < -0.4 is 10.6 Å². The second-order valence-electron chi connectivity index (χ2n) is 4.04. The quantitative estimate of drug-likeness (QED) is 0.761. The monoisotopic (exact) mass is 242 g/mol. The summed E-state index contributed by atoms with van der Waals surface area (Å²) >= 11 is 0. The number of nitrogens with one attached hydrogen (secondary N) is 2. The molecule has 2 N–H and O–H groups in total. The first kappa shape index (κ1) is 12.3. The molecule has 1 aliphatic rings. The number of rotatable bonds is 3. The van der Waals surface area contributed by atoms with Crippen LogP contribution in [0.4, 0.5) is 0 Å². The number of nitrogens with zero attached hydrogens (tertiary/aromatic N) is 2. The molecule has 0 saturated heterocycles. The van der Waals surface area contributed by atoms with Gasteiger partial charge in [0.2, 0.25) is 0 Å². The van der Waals surface area contributed by atoms with E-state index in [2.05, 4.69) is 21.7 Å². The SMILES string of the molecule is N#Cc1ccc(C(=O)NCC2=CCNCC2)nc1. The maximum atomic E-state index is 11.8. The predicted octanol–water partition coefficient (Wildman–Crippen LogP) is 0.603. The van der Waals surface area contributed by atoms with Crippen LogP contribution in [0.15, 0.2) is 30.0 Å². The van der Waals surface area contributed by atoms with Crippen molar-refractivity contribution in [1.29, 1.82) is 5.26 Å². The predicted molar refractivity (Wildman–Crippen MR) is 66.9 cm³/mol. The van der Waals surface area contributed by atoms with Gasteiger partial charge in [-0.25, -0.2) is 4.98 Å². The van der Waals surface area contributed by atoms with Crippen molar-refractivity contribution >= 4 is 5.91 Å². The van der Waals surface area contributed by atoms with Crippen LogP contribution in [0.25, 0.3) is 0 Å². The summed E-state index contributed by atoms with van der Waals surface area (Å²) in [5, 5.41) is 14.7. The summed E-state index contributed by atoms with van der Waals surface area (Å²) in [7, 11) is 0. The summed E-state index contributed by atoms with van der Waals surface area (Å²) in [6.45, 7) is 2.37. The van der Waals surface area contributed by atoms with Crippen LogP contribution in [0.2, 0.25) is 0 Å². The standard InChI is InChI=1S/C13H14N4O/c14-7-11-1-2-12(16-9-11)13(18)17-8-10-3-5-15-6-4-10/h1-3,9,15H,4-6,8H2,(H,17,18). The second-order valence-corrected chi connectivity index (χ2v) is 4.04. The van der Waals surface area contributed by atoms with Crippen LogP contribution in [-0.4, -0.2) is 30.5 Å². The zero-order chi connectivity index (χ0) is 12.8. The lowest BCUT2D eigenvalue weighted by molar-refractivity contribution is 0.0951. The van der Waals surface area contributed by atoms with Crippen molar-refractivity contribution < 1.29 is 4.79 Å². The first-order valence-electron chi connectivity index (χ1n) is 5.82. The molecule has 1 aromatic rings. The third-order valence-electron chi connectivity index (χ3n) is 2.76. The molecule has 1 amide bonds. The van der Waals surface area contributed by atoms with Gasteiger partial charge in [0.05, 0.1) is 5.56 Å². The number of carbonyl (C=O) groups excluding carboxylic acids is 1. The molecule has 0 aromatic carbocycles. The largest absolute Gasteiger partial charge is 0.347 e. The topological polar surface area (TPSA) is 77.8 Å². The maximum Gasteiger partial charge on any atom is 0.270 e. The molecule has 0 saturated carbocycles. The molecule has 2 heterocycles. The van der Waals surface area contributed by atoms with Crippen LogP contribution in [0, 0.1) is 11.3 Å². The lowest BCUT2D eigenvalue weighted by Gasteiger charge is -2.14. The Morgan fingerprint density at radius 2 is 2.44 bits per heavy atom. The van der Waals surface area contributed by atoms with E-state index in [9.17, 15) is 4.79 Å². The zero-order valence-electron chi connectivity index (χ0n) is 9.94. The fourth-order valence-electron chi connectivity index (χ4n) is 1.71. The van der Waals surface area contributed by atoms with Crippen molar-refractivity contribution in [3.05, 3.63) is 41.2 Å². The number of hydrogen-bond donors (Lipinski definition) is 2. The Hall–Kier alpha value is -2.19. The van der Waals surface area contributed by atoms with Crippen molar-refractivity contribution in [3.63, 3.8) is 0 Å². The number of carbonyl (C=O) groups is 1. The molecule has 1 aliphatic heterocycles. The fourth-order valence-corrected chi connectivity index (χ4v) is 1.71. The number of aromatic nitrogens is 1. The van der Waals surface area contributed by atoms with Gasteiger partial charge in [0, 0.05) is 19.3 Å². The fraction of sp³-hybridized carbons (Fsp3) is 0.308. The molecule has 18 heavy (non-hydrogen) atoms. The van der Waals surface area contributed by atoms with E-state index in [1.807, 2.05) is 6.07 Å². The molecule has 5 heteroatoms.